The maximum atomic E-state index is 12.7. The lowest BCUT2D eigenvalue weighted by atomic mass is 9.61. The molecule has 2 aliphatic heterocycles. The van der Waals surface area contributed by atoms with Crippen molar-refractivity contribution < 1.29 is 23.0 Å². The summed E-state index contributed by atoms with van der Waals surface area (Å²) < 4.78 is 42.0. The number of halogens is 3. The van der Waals surface area contributed by atoms with Gasteiger partial charge in [-0.25, -0.2) is 0 Å². The normalized spacial score (nSPS) is 20.9. The van der Waals surface area contributed by atoms with Crippen molar-refractivity contribution in [1.29, 1.82) is 0 Å². The van der Waals surface area contributed by atoms with Crippen molar-refractivity contribution in [2.24, 2.45) is 5.41 Å². The Morgan fingerprint density at radius 3 is 2.12 bits per heavy atom. The molecular formula is C25H32F3N3O2. The molecule has 2 fully saturated rings. The van der Waals surface area contributed by atoms with Crippen LogP contribution in [0.5, 0.6) is 5.75 Å². The summed E-state index contributed by atoms with van der Waals surface area (Å²) in [6.07, 6.45) is 0.949. The molecule has 1 aromatic heterocycles. The van der Waals surface area contributed by atoms with E-state index in [1.807, 2.05) is 13.0 Å². The van der Waals surface area contributed by atoms with E-state index in [0.29, 0.717) is 24.2 Å². The molecule has 180 valence electrons. The van der Waals surface area contributed by atoms with Crippen molar-refractivity contribution in [3.63, 3.8) is 0 Å². The number of pyridine rings is 1. The Morgan fingerprint density at radius 1 is 0.970 bits per heavy atom. The van der Waals surface area contributed by atoms with Crippen molar-refractivity contribution >= 4 is 5.69 Å². The van der Waals surface area contributed by atoms with E-state index in [1.165, 1.54) is 24.3 Å². The second-order valence-electron chi connectivity index (χ2n) is 10.5. The molecular weight excluding hydrogens is 431 g/mol. The van der Waals surface area contributed by atoms with E-state index in [2.05, 4.69) is 40.3 Å². The lowest BCUT2D eigenvalue weighted by Gasteiger charge is -2.60. The Hall–Kier alpha value is -2.32. The van der Waals surface area contributed by atoms with Crippen LogP contribution in [0.2, 0.25) is 0 Å². The highest BCUT2D eigenvalue weighted by Crippen LogP contribution is 2.52. The van der Waals surface area contributed by atoms with Gasteiger partial charge in [-0.1, -0.05) is 19.1 Å². The van der Waals surface area contributed by atoms with Crippen LogP contribution in [0.25, 0.3) is 0 Å². The van der Waals surface area contributed by atoms with E-state index in [0.717, 1.165) is 31.6 Å². The van der Waals surface area contributed by atoms with Gasteiger partial charge in [0.2, 0.25) is 0 Å². The van der Waals surface area contributed by atoms with E-state index in [4.69, 9.17) is 0 Å². The van der Waals surface area contributed by atoms with Crippen LogP contribution < -0.4 is 9.64 Å². The highest BCUT2D eigenvalue weighted by atomic mass is 19.4. The van der Waals surface area contributed by atoms with Crippen LogP contribution in [-0.2, 0) is 5.60 Å². The number of nitrogens with zero attached hydrogens (tertiary/aromatic N) is 3. The van der Waals surface area contributed by atoms with Gasteiger partial charge in [0.25, 0.3) is 0 Å². The Labute approximate surface area is 193 Å². The summed E-state index contributed by atoms with van der Waals surface area (Å²) >= 11 is 0. The molecule has 2 saturated heterocycles. The first-order valence-corrected chi connectivity index (χ1v) is 11.4. The van der Waals surface area contributed by atoms with Crippen molar-refractivity contribution in [1.82, 2.24) is 9.88 Å². The zero-order valence-corrected chi connectivity index (χ0v) is 19.6. The number of likely N-dealkylation sites (tertiary alicyclic amines) is 1. The molecule has 0 unspecified atom stereocenters. The highest BCUT2D eigenvalue weighted by molar-refractivity contribution is 5.51. The molecule has 2 aromatic rings. The van der Waals surface area contributed by atoms with E-state index in [1.54, 1.807) is 12.4 Å². The van der Waals surface area contributed by atoms with Crippen LogP contribution in [0.4, 0.5) is 18.9 Å². The molecule has 33 heavy (non-hydrogen) atoms. The summed E-state index contributed by atoms with van der Waals surface area (Å²) in [4.78, 5) is 8.98. The predicted octanol–water partition coefficient (Wildman–Crippen LogP) is 4.94. The zero-order valence-electron chi connectivity index (χ0n) is 19.6. The van der Waals surface area contributed by atoms with Crippen LogP contribution in [0.1, 0.15) is 51.7 Å². The minimum absolute atomic E-state index is 0.0551. The molecule has 0 spiro atoms. The Bertz CT molecular complexity index is 976. The molecule has 1 N–H and O–H groups in total. The summed E-state index contributed by atoms with van der Waals surface area (Å²) in [5, 5.41) is 12.4. The van der Waals surface area contributed by atoms with Crippen LogP contribution in [0.15, 0.2) is 42.7 Å². The second kappa shape index (κ2) is 8.17. The van der Waals surface area contributed by atoms with Crippen molar-refractivity contribution in [3.05, 3.63) is 53.9 Å². The van der Waals surface area contributed by atoms with Crippen LogP contribution in [0.3, 0.4) is 0 Å². The molecule has 8 heteroatoms. The number of benzene rings is 1. The maximum absolute atomic E-state index is 12.7. The van der Waals surface area contributed by atoms with Gasteiger partial charge in [0, 0.05) is 48.9 Å². The quantitative estimate of drug-likeness (QED) is 0.681. The van der Waals surface area contributed by atoms with Gasteiger partial charge in [-0.3, -0.25) is 9.88 Å². The summed E-state index contributed by atoms with van der Waals surface area (Å²) in [5.74, 6) is -0.312. The number of rotatable bonds is 5. The van der Waals surface area contributed by atoms with Gasteiger partial charge in [-0.15, -0.1) is 13.2 Å². The predicted molar refractivity (Wildman–Crippen MR) is 121 cm³/mol. The fourth-order valence-electron chi connectivity index (χ4n) is 5.03. The molecule has 0 amide bonds. The Kier molecular flexibility index (Phi) is 5.90. The molecule has 1 atom stereocenters. The third-order valence-corrected chi connectivity index (χ3v) is 7.02. The molecule has 5 nitrogen and oxygen atoms in total. The number of ether oxygens (including phenoxy) is 1. The van der Waals surface area contributed by atoms with E-state index in [9.17, 15) is 18.3 Å². The van der Waals surface area contributed by atoms with Gasteiger partial charge < -0.3 is 14.7 Å². The summed E-state index contributed by atoms with van der Waals surface area (Å²) in [7, 11) is 0. The smallest absolute Gasteiger partial charge is 0.406 e. The van der Waals surface area contributed by atoms with Crippen molar-refractivity contribution in [3.8, 4) is 5.75 Å². The third-order valence-electron chi connectivity index (χ3n) is 7.02. The lowest BCUT2D eigenvalue weighted by molar-refractivity contribution is -0.274. The highest BCUT2D eigenvalue weighted by Gasteiger charge is 2.58. The SMILES string of the molecule is CC(C)(C)N1CC(C)([C@](O)(c2ccc(OC(F)(F)F)cc2)c2cncc(N3CCCC3)c2)C1. The Morgan fingerprint density at radius 2 is 1.58 bits per heavy atom. The molecule has 3 heterocycles. The average molecular weight is 464 g/mol. The number of alkyl halides is 3. The lowest BCUT2D eigenvalue weighted by Crippen LogP contribution is -2.68. The number of aromatic nitrogens is 1. The Balaban J connectivity index is 1.74. The molecule has 0 bridgehead atoms. The number of anilines is 1. The molecule has 2 aliphatic rings. The van der Waals surface area contributed by atoms with Gasteiger partial charge in [-0.2, -0.15) is 0 Å². The fraction of sp³-hybridized carbons (Fsp3) is 0.560. The molecule has 0 saturated carbocycles. The van der Waals surface area contributed by atoms with E-state index in [-0.39, 0.29) is 11.3 Å². The number of hydrogen-bond acceptors (Lipinski definition) is 5. The van der Waals surface area contributed by atoms with Crippen LogP contribution in [-0.4, -0.2) is 53.1 Å². The van der Waals surface area contributed by atoms with Gasteiger partial charge in [-0.05, 0) is 57.4 Å². The molecule has 0 aliphatic carbocycles. The summed E-state index contributed by atoms with van der Waals surface area (Å²) in [6.45, 7) is 11.6. The van der Waals surface area contributed by atoms with Crippen molar-refractivity contribution in [2.75, 3.05) is 31.1 Å². The van der Waals surface area contributed by atoms with Gasteiger partial charge >= 0.3 is 6.36 Å². The third kappa shape index (κ3) is 4.55. The summed E-state index contributed by atoms with van der Waals surface area (Å²) in [6, 6.07) is 7.54. The maximum Gasteiger partial charge on any atom is 0.573 e. The van der Waals surface area contributed by atoms with E-state index >= 15 is 0 Å². The monoisotopic (exact) mass is 463 g/mol. The topological polar surface area (TPSA) is 48.8 Å². The number of aliphatic hydroxyl groups is 1. The second-order valence-corrected chi connectivity index (χ2v) is 10.5. The molecule has 1 aromatic carbocycles. The first kappa shape index (κ1) is 23.8. The van der Waals surface area contributed by atoms with Crippen molar-refractivity contribution in [2.45, 2.75) is 58.0 Å². The molecule has 0 radical (unpaired) electrons. The summed E-state index contributed by atoms with van der Waals surface area (Å²) in [5.41, 5.74) is 0.0733. The average Bonchev–Trinajstić information content (AvgIpc) is 3.24. The van der Waals surface area contributed by atoms with Crippen LogP contribution >= 0.6 is 0 Å². The first-order chi connectivity index (χ1) is 15.3. The zero-order chi connectivity index (χ0) is 24.1. The standard InChI is InChI=1S/C25H32F3N3O2/c1-22(2,3)31-16-23(4,17-31)24(32,18-7-9-21(10-8-18)33-25(26,27)28)19-13-20(15-29-14-19)30-11-5-6-12-30/h7-10,13-15,32H,5-6,11-12,16-17H2,1-4H3/t24-/m0/s1. The number of hydrogen-bond donors (Lipinski definition) is 1. The van der Waals surface area contributed by atoms with E-state index < -0.39 is 17.4 Å². The fourth-order valence-corrected chi connectivity index (χ4v) is 5.03. The minimum atomic E-state index is -4.76. The van der Waals surface area contributed by atoms with Gasteiger partial charge in [0.1, 0.15) is 11.4 Å². The van der Waals surface area contributed by atoms with Gasteiger partial charge in [0.15, 0.2) is 0 Å². The van der Waals surface area contributed by atoms with Crippen LogP contribution in [0, 0.1) is 5.41 Å². The molecule has 4 rings (SSSR count). The minimum Gasteiger partial charge on any atom is -0.406 e. The largest absolute Gasteiger partial charge is 0.573 e. The van der Waals surface area contributed by atoms with Gasteiger partial charge in [0.05, 0.1) is 11.9 Å². The first-order valence-electron chi connectivity index (χ1n) is 11.4.